The molecule has 0 N–H and O–H groups in total. The molecule has 0 radical (unpaired) electrons. The van der Waals surface area contributed by atoms with Crippen LogP contribution in [0.2, 0.25) is 5.02 Å². The highest BCUT2D eigenvalue weighted by molar-refractivity contribution is 9.10. The molecule has 1 aromatic carbocycles. The van der Waals surface area contributed by atoms with Crippen molar-refractivity contribution in [3.8, 4) is 0 Å². The SMILES string of the molecule is O=C(Cl)CCCc1cc(Cl)ccc1Br. The maximum atomic E-state index is 10.5. The Morgan fingerprint density at radius 2 is 2.14 bits per heavy atom. The Morgan fingerprint density at radius 1 is 1.43 bits per heavy atom. The van der Waals surface area contributed by atoms with Gasteiger partial charge in [-0.1, -0.05) is 27.5 Å². The number of carbonyl (C=O) groups is 1. The first-order valence-corrected chi connectivity index (χ1v) is 5.77. The van der Waals surface area contributed by atoms with Crippen LogP contribution in [0, 0.1) is 0 Å². The van der Waals surface area contributed by atoms with Crippen molar-refractivity contribution >= 4 is 44.4 Å². The molecule has 0 saturated heterocycles. The van der Waals surface area contributed by atoms with Crippen molar-refractivity contribution in [1.29, 1.82) is 0 Å². The minimum atomic E-state index is -0.289. The third-order valence-electron chi connectivity index (χ3n) is 1.83. The Hall–Kier alpha value is -0.0500. The van der Waals surface area contributed by atoms with Crippen LogP contribution in [0.15, 0.2) is 22.7 Å². The highest BCUT2D eigenvalue weighted by Gasteiger charge is 2.02. The average molecular weight is 296 g/mol. The number of rotatable bonds is 4. The summed E-state index contributed by atoms with van der Waals surface area (Å²) in [6.45, 7) is 0. The molecule has 0 aromatic heterocycles. The van der Waals surface area contributed by atoms with Crippen LogP contribution in [0.5, 0.6) is 0 Å². The van der Waals surface area contributed by atoms with Crippen molar-refractivity contribution in [2.45, 2.75) is 19.3 Å². The maximum absolute atomic E-state index is 10.5. The monoisotopic (exact) mass is 294 g/mol. The van der Waals surface area contributed by atoms with Crippen LogP contribution >= 0.6 is 39.1 Å². The van der Waals surface area contributed by atoms with Crippen LogP contribution in [0.1, 0.15) is 18.4 Å². The predicted molar refractivity (Wildman–Crippen MR) is 63.0 cm³/mol. The molecule has 0 aliphatic carbocycles. The molecular weight excluding hydrogens is 287 g/mol. The van der Waals surface area contributed by atoms with Gasteiger partial charge in [0.05, 0.1) is 0 Å². The molecule has 0 aliphatic heterocycles. The van der Waals surface area contributed by atoms with Crippen molar-refractivity contribution in [3.05, 3.63) is 33.3 Å². The van der Waals surface area contributed by atoms with Crippen molar-refractivity contribution in [2.75, 3.05) is 0 Å². The minimum absolute atomic E-state index is 0.289. The highest BCUT2D eigenvalue weighted by atomic mass is 79.9. The first-order valence-electron chi connectivity index (χ1n) is 4.22. The molecule has 0 heterocycles. The third kappa shape index (κ3) is 3.99. The summed E-state index contributed by atoms with van der Waals surface area (Å²) in [5, 5.41) is 0.420. The zero-order chi connectivity index (χ0) is 10.6. The molecule has 14 heavy (non-hydrogen) atoms. The van der Waals surface area contributed by atoms with Crippen LogP contribution < -0.4 is 0 Å². The summed E-state index contributed by atoms with van der Waals surface area (Å²) >= 11 is 14.5. The fourth-order valence-electron chi connectivity index (χ4n) is 1.15. The fourth-order valence-corrected chi connectivity index (χ4v) is 1.93. The Labute approximate surface area is 102 Å². The van der Waals surface area contributed by atoms with E-state index in [4.69, 9.17) is 23.2 Å². The van der Waals surface area contributed by atoms with E-state index in [2.05, 4.69) is 15.9 Å². The molecule has 0 aliphatic rings. The molecule has 0 amide bonds. The van der Waals surface area contributed by atoms with Gasteiger partial charge in [0.2, 0.25) is 5.24 Å². The lowest BCUT2D eigenvalue weighted by atomic mass is 10.1. The molecular formula is C10H9BrCl2O. The number of carbonyl (C=O) groups excluding carboxylic acids is 1. The summed E-state index contributed by atoms with van der Waals surface area (Å²) < 4.78 is 1.02. The lowest BCUT2D eigenvalue weighted by Gasteiger charge is -2.03. The van der Waals surface area contributed by atoms with Gasteiger partial charge >= 0.3 is 0 Å². The van der Waals surface area contributed by atoms with E-state index >= 15 is 0 Å². The molecule has 0 unspecified atom stereocenters. The van der Waals surface area contributed by atoms with Gasteiger partial charge in [-0.05, 0) is 48.2 Å². The first-order chi connectivity index (χ1) is 6.59. The van der Waals surface area contributed by atoms with Gasteiger partial charge in [0.25, 0.3) is 0 Å². The van der Waals surface area contributed by atoms with Crippen LogP contribution in [0.4, 0.5) is 0 Å². The lowest BCUT2D eigenvalue weighted by Crippen LogP contribution is -1.91. The molecule has 0 saturated carbocycles. The molecule has 0 atom stereocenters. The highest BCUT2D eigenvalue weighted by Crippen LogP contribution is 2.22. The van der Waals surface area contributed by atoms with E-state index in [9.17, 15) is 4.79 Å². The molecule has 1 rings (SSSR count). The Balaban J connectivity index is 2.57. The molecule has 4 heteroatoms. The molecule has 0 fully saturated rings. The zero-order valence-corrected chi connectivity index (χ0v) is 10.5. The van der Waals surface area contributed by atoms with Crippen LogP contribution in [-0.4, -0.2) is 5.24 Å². The summed E-state index contributed by atoms with van der Waals surface area (Å²) in [6.07, 6.45) is 1.96. The molecule has 1 nitrogen and oxygen atoms in total. The van der Waals surface area contributed by atoms with E-state index in [1.165, 1.54) is 0 Å². The molecule has 0 bridgehead atoms. The van der Waals surface area contributed by atoms with E-state index in [1.807, 2.05) is 18.2 Å². The minimum Gasteiger partial charge on any atom is -0.281 e. The van der Waals surface area contributed by atoms with Crippen LogP contribution in [-0.2, 0) is 11.2 Å². The second kappa shape index (κ2) is 5.74. The fraction of sp³-hybridized carbons (Fsp3) is 0.300. The van der Waals surface area contributed by atoms with Crippen molar-refractivity contribution in [3.63, 3.8) is 0 Å². The number of hydrogen-bond acceptors (Lipinski definition) is 1. The molecule has 1 aromatic rings. The van der Waals surface area contributed by atoms with E-state index in [0.717, 1.165) is 22.9 Å². The number of benzene rings is 1. The average Bonchev–Trinajstić information content (AvgIpc) is 2.10. The number of hydrogen-bond donors (Lipinski definition) is 0. The summed E-state index contributed by atoms with van der Waals surface area (Å²) in [5.74, 6) is 0. The Bertz CT molecular complexity index is 339. The van der Waals surface area contributed by atoms with Crippen LogP contribution in [0.3, 0.4) is 0 Å². The van der Waals surface area contributed by atoms with Gasteiger partial charge in [-0.15, -0.1) is 0 Å². The molecule has 76 valence electrons. The maximum Gasteiger partial charge on any atom is 0.221 e. The zero-order valence-electron chi connectivity index (χ0n) is 7.40. The van der Waals surface area contributed by atoms with E-state index in [-0.39, 0.29) is 5.24 Å². The van der Waals surface area contributed by atoms with E-state index < -0.39 is 0 Å². The summed E-state index contributed by atoms with van der Waals surface area (Å²) in [7, 11) is 0. The predicted octanol–water partition coefficient (Wildman–Crippen LogP) is 4.19. The topological polar surface area (TPSA) is 17.1 Å². The Morgan fingerprint density at radius 3 is 2.79 bits per heavy atom. The summed E-state index contributed by atoms with van der Waals surface area (Å²) in [4.78, 5) is 10.5. The van der Waals surface area contributed by atoms with Gasteiger partial charge < -0.3 is 0 Å². The lowest BCUT2D eigenvalue weighted by molar-refractivity contribution is -0.111. The quantitative estimate of drug-likeness (QED) is 0.761. The van der Waals surface area contributed by atoms with Gasteiger partial charge in [-0.25, -0.2) is 0 Å². The van der Waals surface area contributed by atoms with E-state index in [1.54, 1.807) is 0 Å². The largest absolute Gasteiger partial charge is 0.281 e. The van der Waals surface area contributed by atoms with Crippen LogP contribution in [0.25, 0.3) is 0 Å². The summed E-state index contributed by atoms with van der Waals surface area (Å²) in [6, 6.07) is 5.62. The van der Waals surface area contributed by atoms with Gasteiger partial charge in [-0.3, -0.25) is 4.79 Å². The van der Waals surface area contributed by atoms with Gasteiger partial charge in [-0.2, -0.15) is 0 Å². The number of aryl methyl sites for hydroxylation is 1. The van der Waals surface area contributed by atoms with Crippen molar-refractivity contribution in [1.82, 2.24) is 0 Å². The smallest absolute Gasteiger partial charge is 0.221 e. The Kier molecular flexibility index (Phi) is 4.93. The summed E-state index contributed by atoms with van der Waals surface area (Å²) in [5.41, 5.74) is 1.11. The standard InChI is InChI=1S/C10H9BrCl2O/c11-9-5-4-8(12)6-7(9)2-1-3-10(13)14/h4-6H,1-3H2. The van der Waals surface area contributed by atoms with E-state index in [0.29, 0.717) is 11.4 Å². The van der Waals surface area contributed by atoms with Crippen molar-refractivity contribution in [2.24, 2.45) is 0 Å². The normalized spacial score (nSPS) is 10.2. The van der Waals surface area contributed by atoms with Gasteiger partial charge in [0.15, 0.2) is 0 Å². The molecule has 0 spiro atoms. The third-order valence-corrected chi connectivity index (χ3v) is 3.02. The van der Waals surface area contributed by atoms with Crippen molar-refractivity contribution < 1.29 is 4.79 Å². The first kappa shape index (κ1) is 12.0. The number of halogens is 3. The second-order valence-electron chi connectivity index (χ2n) is 2.94. The van der Waals surface area contributed by atoms with Gasteiger partial charge in [0.1, 0.15) is 0 Å². The van der Waals surface area contributed by atoms with Gasteiger partial charge in [0, 0.05) is 15.9 Å². The second-order valence-corrected chi connectivity index (χ2v) is 4.66.